The van der Waals surface area contributed by atoms with Crippen LogP contribution in [0.5, 0.6) is 0 Å². The summed E-state index contributed by atoms with van der Waals surface area (Å²) >= 11 is 0. The number of aryl methyl sites for hydroxylation is 1. The molecule has 0 saturated heterocycles. The molecule has 0 fully saturated rings. The number of hydrogen-bond acceptors (Lipinski definition) is 2. The monoisotopic (exact) mass is 544 g/mol. The zero-order valence-electron chi connectivity index (χ0n) is 26.1. The highest BCUT2D eigenvalue weighted by Crippen LogP contribution is 2.36. The first kappa shape index (κ1) is 32.6. The van der Waals surface area contributed by atoms with E-state index in [-0.39, 0.29) is 5.82 Å². The Bertz CT molecular complexity index is 1490. The first-order chi connectivity index (χ1) is 19.3. The third kappa shape index (κ3) is 7.76. The van der Waals surface area contributed by atoms with Crippen LogP contribution in [0.1, 0.15) is 71.8 Å². The van der Waals surface area contributed by atoms with Gasteiger partial charge in [-0.1, -0.05) is 59.4 Å². The minimum absolute atomic E-state index is 0.257. The van der Waals surface area contributed by atoms with Gasteiger partial charge in [-0.05, 0) is 94.4 Å². The summed E-state index contributed by atoms with van der Waals surface area (Å²) in [6, 6.07) is 13.2. The van der Waals surface area contributed by atoms with E-state index >= 15 is 0 Å². The Labute approximate surface area is 240 Å². The molecule has 0 bridgehead atoms. The number of fused-ring (bicyclic) bond motifs is 1. The molecule has 2 aromatic carbocycles. The van der Waals surface area contributed by atoms with Gasteiger partial charge in [-0.3, -0.25) is 0 Å². The molecule has 4 rings (SSSR count). The Hall–Kier alpha value is -3.57. The summed E-state index contributed by atoms with van der Waals surface area (Å²) in [5.74, 6) is -0.257. The second-order valence-electron chi connectivity index (χ2n) is 9.59. The van der Waals surface area contributed by atoms with E-state index in [0.29, 0.717) is 0 Å². The predicted molar refractivity (Wildman–Crippen MR) is 176 cm³/mol. The van der Waals surface area contributed by atoms with Gasteiger partial charge in [-0.2, -0.15) is 0 Å². The van der Waals surface area contributed by atoms with Gasteiger partial charge < -0.3 is 20.2 Å². The molecule has 3 N–H and O–H groups in total. The Morgan fingerprint density at radius 3 is 2.20 bits per heavy atom. The topological polar surface area (TPSA) is 46.9 Å². The van der Waals surface area contributed by atoms with Crippen LogP contribution in [-0.4, -0.2) is 41.5 Å². The molecule has 2 aromatic heterocycles. The van der Waals surface area contributed by atoms with Crippen molar-refractivity contribution in [2.75, 3.05) is 32.0 Å². The Balaban J connectivity index is 0.000000484. The zero-order valence-corrected chi connectivity index (χ0v) is 26.1. The van der Waals surface area contributed by atoms with Crippen molar-refractivity contribution in [3.8, 4) is 11.1 Å². The van der Waals surface area contributed by atoms with E-state index in [2.05, 4.69) is 105 Å². The molecule has 0 aliphatic carbocycles. The largest absolute Gasteiger partial charge is 0.388 e. The van der Waals surface area contributed by atoms with Crippen LogP contribution in [0, 0.1) is 12.7 Å². The molecule has 0 saturated carbocycles. The van der Waals surface area contributed by atoms with Crippen molar-refractivity contribution in [2.24, 2.45) is 0 Å². The van der Waals surface area contributed by atoms with Crippen molar-refractivity contribution in [3.63, 3.8) is 0 Å². The van der Waals surface area contributed by atoms with E-state index in [1.165, 1.54) is 43.3 Å². The first-order valence-electron chi connectivity index (χ1n) is 14.6. The molecule has 0 aliphatic heterocycles. The highest BCUT2D eigenvalue weighted by molar-refractivity contribution is 5.89. The molecule has 2 heterocycles. The summed E-state index contributed by atoms with van der Waals surface area (Å²) in [5.41, 5.74) is 8.67. The van der Waals surface area contributed by atoms with Crippen LogP contribution in [-0.2, 0) is 0 Å². The minimum Gasteiger partial charge on any atom is -0.388 e. The smallest absolute Gasteiger partial charge is 0.123 e. The number of anilines is 1. The zero-order chi connectivity index (χ0) is 29.8. The summed E-state index contributed by atoms with van der Waals surface area (Å²) < 4.78 is 13.9. The average molecular weight is 545 g/mol. The van der Waals surface area contributed by atoms with Crippen molar-refractivity contribution < 1.29 is 4.39 Å². The van der Waals surface area contributed by atoms with Crippen molar-refractivity contribution in [1.82, 2.24) is 14.9 Å². The predicted octanol–water partition coefficient (Wildman–Crippen LogP) is 8.08. The quantitative estimate of drug-likeness (QED) is 0.210. The van der Waals surface area contributed by atoms with Gasteiger partial charge in [-0.25, -0.2) is 4.39 Å². The van der Waals surface area contributed by atoms with Gasteiger partial charge in [0.15, 0.2) is 0 Å². The lowest BCUT2D eigenvalue weighted by Gasteiger charge is -2.15. The molecule has 216 valence electrons. The normalized spacial score (nSPS) is 11.8. The molecule has 0 atom stereocenters. The second-order valence-corrected chi connectivity index (χ2v) is 9.59. The van der Waals surface area contributed by atoms with Crippen LogP contribution >= 0.6 is 0 Å². The lowest BCUT2D eigenvalue weighted by atomic mass is 9.95. The SMILES string of the molecule is C=c1[nH]c2ccc(F)cc2/c1=C/c1[nH]c(C)c(/C(C)=C\C)c1-c1ccc(NC)cc1.CC.CCCN(CC)CC. The molecule has 0 spiro atoms. The Morgan fingerprint density at radius 1 is 1.02 bits per heavy atom. The maximum Gasteiger partial charge on any atom is 0.123 e. The fraction of sp³-hybridized carbons (Fsp3) is 0.371. The van der Waals surface area contributed by atoms with Crippen LogP contribution in [0.3, 0.4) is 0 Å². The van der Waals surface area contributed by atoms with Gasteiger partial charge in [0.1, 0.15) is 5.82 Å². The molecule has 40 heavy (non-hydrogen) atoms. The van der Waals surface area contributed by atoms with Crippen LogP contribution in [0.25, 0.3) is 40.3 Å². The Kier molecular flexibility index (Phi) is 13.0. The van der Waals surface area contributed by atoms with Crippen LogP contribution in [0.2, 0.25) is 0 Å². The van der Waals surface area contributed by atoms with Crippen molar-refractivity contribution in [2.45, 2.75) is 61.8 Å². The summed E-state index contributed by atoms with van der Waals surface area (Å²) in [6.07, 6.45) is 5.47. The molecule has 4 aromatic rings. The second kappa shape index (κ2) is 15.9. The van der Waals surface area contributed by atoms with E-state index in [1.54, 1.807) is 12.1 Å². The van der Waals surface area contributed by atoms with Gasteiger partial charge >= 0.3 is 0 Å². The van der Waals surface area contributed by atoms with Crippen LogP contribution in [0.15, 0.2) is 48.5 Å². The van der Waals surface area contributed by atoms with E-state index < -0.39 is 0 Å². The lowest BCUT2D eigenvalue weighted by molar-refractivity contribution is 0.304. The first-order valence-corrected chi connectivity index (χ1v) is 14.6. The molecular weight excluding hydrogens is 495 g/mol. The van der Waals surface area contributed by atoms with Crippen molar-refractivity contribution in [1.29, 1.82) is 0 Å². The van der Waals surface area contributed by atoms with Crippen LogP contribution in [0.4, 0.5) is 10.1 Å². The summed E-state index contributed by atoms with van der Waals surface area (Å²) in [7, 11) is 1.91. The maximum atomic E-state index is 13.9. The maximum absolute atomic E-state index is 13.9. The number of halogens is 1. The molecule has 0 amide bonds. The van der Waals surface area contributed by atoms with Gasteiger partial charge in [0, 0.05) is 56.7 Å². The summed E-state index contributed by atoms with van der Waals surface area (Å²) in [4.78, 5) is 9.25. The number of hydrogen-bond donors (Lipinski definition) is 3. The minimum atomic E-state index is -0.257. The molecule has 0 radical (unpaired) electrons. The summed E-state index contributed by atoms with van der Waals surface area (Å²) in [6.45, 7) is 24.7. The lowest BCUT2D eigenvalue weighted by Crippen LogP contribution is -2.23. The van der Waals surface area contributed by atoms with Gasteiger partial charge in [0.2, 0.25) is 0 Å². The number of aromatic nitrogens is 2. The number of aromatic amines is 2. The van der Waals surface area contributed by atoms with E-state index in [1.807, 2.05) is 20.9 Å². The molecule has 5 heteroatoms. The fourth-order valence-electron chi connectivity index (χ4n) is 4.90. The van der Waals surface area contributed by atoms with Gasteiger partial charge in [0.05, 0.1) is 0 Å². The van der Waals surface area contributed by atoms with E-state index in [9.17, 15) is 4.39 Å². The molecular formula is C35H49FN4. The number of benzene rings is 2. The number of nitrogens with zero attached hydrogens (tertiary/aromatic N) is 1. The number of H-pyrrole nitrogens is 2. The summed E-state index contributed by atoms with van der Waals surface area (Å²) in [5, 5.41) is 5.65. The van der Waals surface area contributed by atoms with Crippen molar-refractivity contribution in [3.05, 3.63) is 81.9 Å². The molecule has 0 aliphatic rings. The van der Waals surface area contributed by atoms with Crippen molar-refractivity contribution >= 4 is 34.8 Å². The standard InChI is InChI=1S/C26H26FN3.C7H17N.C2H6/c1-6-15(2)25-17(4)30-24(26(25)18-7-10-20(28-5)11-8-18)14-21-16(3)29-23-12-9-19(27)13-22(21)23;1-4-7-8(5-2)6-3;1-2/h6-14,28-30H,3H2,1-2,4-5H3;4-7H2,1-3H3;1-2H3/b15-6-,21-14+;;. The van der Waals surface area contributed by atoms with Gasteiger partial charge in [-0.15, -0.1) is 0 Å². The highest BCUT2D eigenvalue weighted by atomic mass is 19.1. The van der Waals surface area contributed by atoms with Gasteiger partial charge in [0.25, 0.3) is 0 Å². The fourth-order valence-corrected chi connectivity index (χ4v) is 4.90. The Morgan fingerprint density at radius 2 is 1.68 bits per heavy atom. The van der Waals surface area contributed by atoms with Crippen LogP contribution < -0.4 is 15.9 Å². The average Bonchev–Trinajstić information content (AvgIpc) is 3.47. The number of allylic oxidation sites excluding steroid dienone is 2. The third-order valence-electron chi connectivity index (χ3n) is 7.11. The highest BCUT2D eigenvalue weighted by Gasteiger charge is 2.17. The third-order valence-corrected chi connectivity index (χ3v) is 7.11. The van der Waals surface area contributed by atoms with E-state index in [4.69, 9.17) is 0 Å². The number of rotatable bonds is 8. The van der Waals surface area contributed by atoms with E-state index in [0.717, 1.165) is 49.7 Å². The number of nitrogens with one attached hydrogen (secondary N) is 3. The molecule has 4 nitrogen and oxygen atoms in total. The molecule has 0 unspecified atom stereocenters.